The average molecular weight is 310 g/mol. The summed E-state index contributed by atoms with van der Waals surface area (Å²) in [5.41, 5.74) is 0.0421. The number of anilines is 1. The minimum Gasteiger partial charge on any atom is -0.352 e. The largest absolute Gasteiger partial charge is 0.352 e. The van der Waals surface area contributed by atoms with E-state index in [1.807, 2.05) is 6.92 Å². The van der Waals surface area contributed by atoms with E-state index in [1.165, 1.54) is 0 Å². The lowest BCUT2D eigenvalue weighted by Crippen LogP contribution is -2.47. The van der Waals surface area contributed by atoms with Crippen molar-refractivity contribution in [1.82, 2.24) is 15.5 Å². The fourth-order valence-corrected chi connectivity index (χ4v) is 3.38. The maximum absolute atomic E-state index is 11.7. The van der Waals surface area contributed by atoms with Crippen LogP contribution in [0.2, 0.25) is 0 Å². The van der Waals surface area contributed by atoms with Crippen molar-refractivity contribution in [3.8, 4) is 0 Å². The zero-order valence-corrected chi connectivity index (χ0v) is 14.3. The van der Waals surface area contributed by atoms with E-state index >= 15 is 0 Å². The van der Waals surface area contributed by atoms with E-state index in [1.54, 1.807) is 11.3 Å². The molecule has 0 radical (unpaired) electrons. The van der Waals surface area contributed by atoms with Crippen molar-refractivity contribution in [2.24, 2.45) is 0 Å². The topological polar surface area (TPSA) is 58.1 Å². The number of rotatable bonds is 4. The highest BCUT2D eigenvalue weighted by Gasteiger charge is 2.26. The van der Waals surface area contributed by atoms with Gasteiger partial charge in [0, 0.05) is 31.0 Å². The van der Waals surface area contributed by atoms with Crippen molar-refractivity contribution >= 4 is 22.4 Å². The molecule has 0 unspecified atom stereocenters. The molecule has 1 amide bonds. The molecule has 0 aromatic carbocycles. The number of aromatic nitrogens is 2. The molecule has 1 atom stereocenters. The molecule has 5 nitrogen and oxygen atoms in total. The maximum Gasteiger partial charge on any atom is 0.220 e. The molecule has 2 heterocycles. The van der Waals surface area contributed by atoms with Crippen LogP contribution in [0.4, 0.5) is 5.13 Å². The third-order valence-corrected chi connectivity index (χ3v) is 5.00. The van der Waals surface area contributed by atoms with Crippen LogP contribution in [0.15, 0.2) is 0 Å². The Hall–Kier alpha value is -1.17. The molecular weight excluding hydrogens is 284 g/mol. The molecule has 0 bridgehead atoms. The molecule has 0 aliphatic carbocycles. The molecule has 0 saturated carbocycles. The summed E-state index contributed by atoms with van der Waals surface area (Å²) in [4.78, 5) is 14.0. The highest BCUT2D eigenvalue weighted by Crippen LogP contribution is 2.30. The Bertz CT molecular complexity index is 480. The Morgan fingerprint density at radius 3 is 2.81 bits per heavy atom. The van der Waals surface area contributed by atoms with Gasteiger partial charge in [-0.3, -0.25) is 4.79 Å². The molecule has 1 aromatic rings. The normalized spacial score (nSPS) is 19.6. The number of carbonyl (C=O) groups excluding carboxylic acids is 1. The van der Waals surface area contributed by atoms with E-state index in [9.17, 15) is 4.79 Å². The monoisotopic (exact) mass is 310 g/mol. The predicted octanol–water partition coefficient (Wildman–Crippen LogP) is 2.72. The predicted molar refractivity (Wildman–Crippen MR) is 86.9 cm³/mol. The first kappa shape index (κ1) is 16.2. The van der Waals surface area contributed by atoms with Crippen LogP contribution in [0.1, 0.15) is 58.4 Å². The number of piperidine rings is 1. The number of hydrogen-bond acceptors (Lipinski definition) is 5. The number of amides is 1. The van der Waals surface area contributed by atoms with Crippen molar-refractivity contribution in [2.45, 2.75) is 64.8 Å². The average Bonchev–Trinajstić information content (AvgIpc) is 2.88. The minimum absolute atomic E-state index is 0.0421. The summed E-state index contributed by atoms with van der Waals surface area (Å²) in [5, 5.41) is 13.8. The number of carbonyl (C=O) groups is 1. The summed E-state index contributed by atoms with van der Waals surface area (Å²) in [6, 6.07) is 0.236. The van der Waals surface area contributed by atoms with Gasteiger partial charge in [-0.15, -0.1) is 10.2 Å². The van der Waals surface area contributed by atoms with E-state index in [2.05, 4.69) is 41.2 Å². The second-order valence-electron chi connectivity index (χ2n) is 6.74. The maximum atomic E-state index is 11.7. The molecule has 1 saturated heterocycles. The van der Waals surface area contributed by atoms with Crippen LogP contribution in [0.3, 0.4) is 0 Å². The van der Waals surface area contributed by atoms with Crippen LogP contribution in [-0.2, 0) is 10.2 Å². The minimum atomic E-state index is 0.0421. The molecule has 2 rings (SSSR count). The van der Waals surface area contributed by atoms with Crippen LogP contribution in [-0.4, -0.2) is 35.2 Å². The summed E-state index contributed by atoms with van der Waals surface area (Å²) < 4.78 is 0. The zero-order chi connectivity index (χ0) is 15.5. The Morgan fingerprint density at radius 2 is 2.19 bits per heavy atom. The molecule has 1 aromatic heterocycles. The van der Waals surface area contributed by atoms with Crippen molar-refractivity contribution in [3.05, 3.63) is 5.01 Å². The van der Waals surface area contributed by atoms with Gasteiger partial charge in [0.25, 0.3) is 0 Å². The Balaban J connectivity index is 1.97. The summed E-state index contributed by atoms with van der Waals surface area (Å²) >= 11 is 1.67. The summed E-state index contributed by atoms with van der Waals surface area (Å²) in [6.07, 6.45) is 3.65. The van der Waals surface area contributed by atoms with Gasteiger partial charge in [-0.1, -0.05) is 39.0 Å². The summed E-state index contributed by atoms with van der Waals surface area (Å²) in [7, 11) is 0. The van der Waals surface area contributed by atoms with Gasteiger partial charge in [0.05, 0.1) is 0 Å². The van der Waals surface area contributed by atoms with Crippen LogP contribution in [0.25, 0.3) is 0 Å². The lowest BCUT2D eigenvalue weighted by atomic mass is 9.98. The van der Waals surface area contributed by atoms with Crippen molar-refractivity contribution < 1.29 is 4.79 Å². The van der Waals surface area contributed by atoms with Gasteiger partial charge >= 0.3 is 0 Å². The Labute approximate surface area is 131 Å². The van der Waals surface area contributed by atoms with Gasteiger partial charge in [0.1, 0.15) is 5.01 Å². The summed E-state index contributed by atoms with van der Waals surface area (Å²) in [5.74, 6) is 0.164. The van der Waals surface area contributed by atoms with E-state index in [4.69, 9.17) is 0 Å². The SMILES string of the molecule is CCCC(=O)N[C@@H]1CCCN(c2nnc(C(C)(C)C)s2)C1. The first-order valence-electron chi connectivity index (χ1n) is 7.78. The fraction of sp³-hybridized carbons (Fsp3) is 0.800. The van der Waals surface area contributed by atoms with Crippen LogP contribution < -0.4 is 10.2 Å². The standard InChI is InChI=1S/C15H26N4OS/c1-5-7-12(20)16-11-8-6-9-19(10-11)14-18-17-13(21-14)15(2,3)4/h11H,5-10H2,1-4H3,(H,16,20)/t11-/m1/s1. The molecular formula is C15H26N4OS. The molecule has 6 heteroatoms. The fourth-order valence-electron chi connectivity index (χ4n) is 2.44. The van der Waals surface area contributed by atoms with Gasteiger partial charge in [-0.25, -0.2) is 0 Å². The second kappa shape index (κ2) is 6.73. The van der Waals surface area contributed by atoms with Crippen LogP contribution in [0.5, 0.6) is 0 Å². The van der Waals surface area contributed by atoms with Crippen molar-refractivity contribution in [3.63, 3.8) is 0 Å². The molecule has 1 N–H and O–H groups in total. The number of nitrogens with one attached hydrogen (secondary N) is 1. The van der Waals surface area contributed by atoms with E-state index in [0.29, 0.717) is 6.42 Å². The van der Waals surface area contributed by atoms with Crippen LogP contribution in [0, 0.1) is 0 Å². The van der Waals surface area contributed by atoms with Crippen molar-refractivity contribution in [2.75, 3.05) is 18.0 Å². The molecule has 1 aliphatic rings. The van der Waals surface area contributed by atoms with Gasteiger partial charge in [-0.05, 0) is 19.3 Å². The third-order valence-electron chi connectivity index (χ3n) is 3.59. The lowest BCUT2D eigenvalue weighted by Gasteiger charge is -2.32. The van der Waals surface area contributed by atoms with E-state index < -0.39 is 0 Å². The van der Waals surface area contributed by atoms with Gasteiger partial charge in [-0.2, -0.15) is 0 Å². The first-order chi connectivity index (χ1) is 9.90. The van der Waals surface area contributed by atoms with Gasteiger partial charge in [0.15, 0.2) is 0 Å². The van der Waals surface area contributed by atoms with Gasteiger partial charge < -0.3 is 10.2 Å². The molecule has 1 aliphatic heterocycles. The third kappa shape index (κ3) is 4.40. The Kier molecular flexibility index (Phi) is 5.19. The molecule has 0 spiro atoms. The molecule has 21 heavy (non-hydrogen) atoms. The molecule has 1 fully saturated rings. The second-order valence-corrected chi connectivity index (χ2v) is 7.70. The molecule has 118 valence electrons. The number of hydrogen-bond donors (Lipinski definition) is 1. The van der Waals surface area contributed by atoms with Gasteiger partial charge in [0.2, 0.25) is 11.0 Å². The summed E-state index contributed by atoms with van der Waals surface area (Å²) in [6.45, 7) is 10.3. The highest BCUT2D eigenvalue weighted by molar-refractivity contribution is 7.15. The first-order valence-corrected chi connectivity index (χ1v) is 8.60. The van der Waals surface area contributed by atoms with Crippen LogP contribution >= 0.6 is 11.3 Å². The lowest BCUT2D eigenvalue weighted by molar-refractivity contribution is -0.121. The van der Waals surface area contributed by atoms with E-state index in [0.717, 1.165) is 42.5 Å². The zero-order valence-electron chi connectivity index (χ0n) is 13.5. The smallest absolute Gasteiger partial charge is 0.220 e. The van der Waals surface area contributed by atoms with E-state index in [-0.39, 0.29) is 17.4 Å². The Morgan fingerprint density at radius 1 is 1.43 bits per heavy atom. The highest BCUT2D eigenvalue weighted by atomic mass is 32.1. The quantitative estimate of drug-likeness (QED) is 0.929. The van der Waals surface area contributed by atoms with Crippen molar-refractivity contribution in [1.29, 1.82) is 0 Å². The number of nitrogens with zero attached hydrogens (tertiary/aromatic N) is 3.